The van der Waals surface area contributed by atoms with E-state index in [0.717, 1.165) is 0 Å². The van der Waals surface area contributed by atoms with E-state index in [1.165, 1.54) is 30.7 Å². The lowest BCUT2D eigenvalue weighted by molar-refractivity contribution is -0.130. The SMILES string of the molecule is COc1ccc(OC)c(S(=O)(=O)N2CCN(C(=O)CN(C)c3ccccc3F)CC2)c1. The Morgan fingerprint density at radius 1 is 1.06 bits per heavy atom. The number of rotatable bonds is 7. The van der Waals surface area contributed by atoms with Crippen molar-refractivity contribution >= 4 is 21.6 Å². The fourth-order valence-corrected chi connectivity index (χ4v) is 5.04. The zero-order valence-corrected chi connectivity index (χ0v) is 18.6. The normalized spacial score (nSPS) is 14.9. The third kappa shape index (κ3) is 4.91. The topological polar surface area (TPSA) is 79.4 Å². The zero-order valence-electron chi connectivity index (χ0n) is 17.7. The summed E-state index contributed by atoms with van der Waals surface area (Å²) in [4.78, 5) is 15.8. The highest BCUT2D eigenvalue weighted by molar-refractivity contribution is 7.89. The molecule has 1 heterocycles. The lowest BCUT2D eigenvalue weighted by atomic mass is 10.2. The van der Waals surface area contributed by atoms with Crippen molar-refractivity contribution in [1.82, 2.24) is 9.21 Å². The number of sulfonamides is 1. The number of hydrogen-bond acceptors (Lipinski definition) is 6. The van der Waals surface area contributed by atoms with Crippen molar-refractivity contribution in [3.05, 3.63) is 48.3 Å². The number of likely N-dealkylation sites (N-methyl/N-ethyl adjacent to an activating group) is 1. The molecule has 0 unspecified atom stereocenters. The fourth-order valence-electron chi connectivity index (χ4n) is 3.45. The predicted molar refractivity (Wildman–Crippen MR) is 115 cm³/mol. The summed E-state index contributed by atoms with van der Waals surface area (Å²) in [5, 5.41) is 0. The molecule has 1 saturated heterocycles. The lowest BCUT2D eigenvalue weighted by Gasteiger charge is -2.35. The van der Waals surface area contributed by atoms with Crippen molar-refractivity contribution in [3.63, 3.8) is 0 Å². The Morgan fingerprint density at radius 2 is 1.74 bits per heavy atom. The molecule has 1 aliphatic rings. The van der Waals surface area contributed by atoms with E-state index in [9.17, 15) is 17.6 Å². The molecule has 1 amide bonds. The van der Waals surface area contributed by atoms with Gasteiger partial charge in [-0.3, -0.25) is 4.79 Å². The van der Waals surface area contributed by atoms with Crippen LogP contribution in [0.1, 0.15) is 0 Å². The van der Waals surface area contributed by atoms with Crippen LogP contribution in [0.15, 0.2) is 47.4 Å². The Morgan fingerprint density at radius 3 is 2.35 bits per heavy atom. The Balaban J connectivity index is 1.66. The van der Waals surface area contributed by atoms with Gasteiger partial charge >= 0.3 is 0 Å². The Labute approximate surface area is 181 Å². The second-order valence-electron chi connectivity index (χ2n) is 7.11. The minimum absolute atomic E-state index is 0.00259. The maximum atomic E-state index is 13.9. The number of halogens is 1. The van der Waals surface area contributed by atoms with Gasteiger partial charge in [0.2, 0.25) is 15.9 Å². The summed E-state index contributed by atoms with van der Waals surface area (Å²) in [6.07, 6.45) is 0. The maximum Gasteiger partial charge on any atom is 0.247 e. The van der Waals surface area contributed by atoms with Crippen LogP contribution in [0.3, 0.4) is 0 Å². The summed E-state index contributed by atoms with van der Waals surface area (Å²) in [6.45, 7) is 0.790. The molecule has 0 radical (unpaired) electrons. The first-order chi connectivity index (χ1) is 14.8. The summed E-state index contributed by atoms with van der Waals surface area (Å²) < 4.78 is 51.9. The molecule has 3 rings (SSSR count). The van der Waals surface area contributed by atoms with E-state index in [0.29, 0.717) is 11.4 Å². The standard InChI is InChI=1S/C21H26FN3O5S/c1-23(18-7-5-4-6-17(18)22)15-21(26)24-10-12-25(13-11-24)31(27,28)20-14-16(29-2)8-9-19(20)30-3/h4-9,14H,10-13,15H2,1-3H3. The average molecular weight is 452 g/mol. The van der Waals surface area contributed by atoms with Gasteiger partial charge in [-0.25, -0.2) is 12.8 Å². The maximum absolute atomic E-state index is 13.9. The Bertz CT molecular complexity index is 1040. The molecule has 0 N–H and O–H groups in total. The molecule has 2 aromatic rings. The summed E-state index contributed by atoms with van der Waals surface area (Å²) in [5.41, 5.74) is 0.335. The van der Waals surface area contributed by atoms with E-state index in [-0.39, 0.29) is 49.3 Å². The number of methoxy groups -OCH3 is 2. The van der Waals surface area contributed by atoms with Crippen LogP contribution in [0.2, 0.25) is 0 Å². The van der Waals surface area contributed by atoms with E-state index < -0.39 is 15.8 Å². The summed E-state index contributed by atoms with van der Waals surface area (Å²) in [5.74, 6) is 0.0397. The van der Waals surface area contributed by atoms with Crippen molar-refractivity contribution in [2.75, 3.05) is 58.9 Å². The van der Waals surface area contributed by atoms with Gasteiger partial charge in [-0.15, -0.1) is 0 Å². The van der Waals surface area contributed by atoms with Crippen molar-refractivity contribution in [2.45, 2.75) is 4.90 Å². The molecule has 0 atom stereocenters. The van der Waals surface area contributed by atoms with Gasteiger partial charge in [0, 0.05) is 39.3 Å². The minimum atomic E-state index is -3.83. The van der Waals surface area contributed by atoms with Crippen LogP contribution in [0, 0.1) is 5.82 Å². The quantitative estimate of drug-likeness (QED) is 0.639. The van der Waals surface area contributed by atoms with Crippen LogP contribution >= 0.6 is 0 Å². The molecular weight excluding hydrogens is 425 g/mol. The highest BCUT2D eigenvalue weighted by atomic mass is 32.2. The summed E-state index contributed by atoms with van der Waals surface area (Å²) in [6, 6.07) is 10.8. The van der Waals surface area contributed by atoms with Crippen LogP contribution in [0.4, 0.5) is 10.1 Å². The predicted octanol–water partition coefficient (Wildman–Crippen LogP) is 1.81. The molecule has 0 spiro atoms. The van der Waals surface area contributed by atoms with Gasteiger partial charge < -0.3 is 19.3 Å². The summed E-state index contributed by atoms with van der Waals surface area (Å²) >= 11 is 0. The molecule has 1 aliphatic heterocycles. The largest absolute Gasteiger partial charge is 0.497 e. The fraction of sp³-hybridized carbons (Fsp3) is 0.381. The van der Waals surface area contributed by atoms with Crippen LogP contribution in [0.5, 0.6) is 11.5 Å². The number of carbonyl (C=O) groups is 1. The highest BCUT2D eigenvalue weighted by Gasteiger charge is 2.32. The number of piperazine rings is 1. The van der Waals surface area contributed by atoms with Gasteiger partial charge in [0.1, 0.15) is 22.2 Å². The van der Waals surface area contributed by atoms with E-state index in [2.05, 4.69) is 0 Å². The molecule has 0 aliphatic carbocycles. The zero-order chi connectivity index (χ0) is 22.6. The molecular formula is C21H26FN3O5S. The smallest absolute Gasteiger partial charge is 0.247 e. The van der Waals surface area contributed by atoms with Gasteiger partial charge in [0.25, 0.3) is 0 Å². The molecule has 1 fully saturated rings. The van der Waals surface area contributed by atoms with Crippen molar-refractivity contribution in [3.8, 4) is 11.5 Å². The number of ether oxygens (including phenoxy) is 2. The summed E-state index contributed by atoms with van der Waals surface area (Å²) in [7, 11) is 0.683. The molecule has 0 saturated carbocycles. The Kier molecular flexibility index (Phi) is 7.01. The van der Waals surface area contributed by atoms with E-state index in [4.69, 9.17) is 9.47 Å². The lowest BCUT2D eigenvalue weighted by Crippen LogP contribution is -2.52. The number of nitrogens with zero attached hydrogens (tertiary/aromatic N) is 3. The first kappa shape index (κ1) is 22.8. The molecule has 31 heavy (non-hydrogen) atoms. The minimum Gasteiger partial charge on any atom is -0.497 e. The number of hydrogen-bond donors (Lipinski definition) is 0. The molecule has 10 heteroatoms. The van der Waals surface area contributed by atoms with Gasteiger partial charge in [0.05, 0.1) is 26.5 Å². The molecule has 8 nitrogen and oxygen atoms in total. The molecule has 2 aromatic carbocycles. The number of para-hydroxylation sites is 1. The van der Waals surface area contributed by atoms with Crippen LogP contribution in [-0.2, 0) is 14.8 Å². The van der Waals surface area contributed by atoms with Crippen LogP contribution < -0.4 is 14.4 Å². The second kappa shape index (κ2) is 9.52. The number of benzene rings is 2. The number of amides is 1. The van der Waals surface area contributed by atoms with E-state index in [1.54, 1.807) is 47.2 Å². The monoisotopic (exact) mass is 451 g/mol. The Hall–Kier alpha value is -2.85. The van der Waals surface area contributed by atoms with Gasteiger partial charge in [0.15, 0.2) is 0 Å². The average Bonchev–Trinajstić information content (AvgIpc) is 2.78. The third-order valence-electron chi connectivity index (χ3n) is 5.22. The first-order valence-electron chi connectivity index (χ1n) is 9.73. The third-order valence-corrected chi connectivity index (χ3v) is 7.14. The number of anilines is 1. The van der Waals surface area contributed by atoms with E-state index in [1.807, 2.05) is 0 Å². The van der Waals surface area contributed by atoms with Crippen molar-refractivity contribution in [1.29, 1.82) is 0 Å². The van der Waals surface area contributed by atoms with Crippen molar-refractivity contribution < 1.29 is 27.1 Å². The number of carbonyl (C=O) groups excluding carboxylic acids is 1. The highest BCUT2D eigenvalue weighted by Crippen LogP contribution is 2.31. The first-order valence-corrected chi connectivity index (χ1v) is 11.2. The van der Waals surface area contributed by atoms with E-state index >= 15 is 0 Å². The van der Waals surface area contributed by atoms with Gasteiger partial charge in [-0.2, -0.15) is 4.31 Å². The van der Waals surface area contributed by atoms with Crippen LogP contribution in [0.25, 0.3) is 0 Å². The second-order valence-corrected chi connectivity index (χ2v) is 9.02. The van der Waals surface area contributed by atoms with Gasteiger partial charge in [-0.1, -0.05) is 12.1 Å². The van der Waals surface area contributed by atoms with Gasteiger partial charge in [-0.05, 0) is 24.3 Å². The molecule has 0 aromatic heterocycles. The molecule has 0 bridgehead atoms. The van der Waals surface area contributed by atoms with Crippen LogP contribution in [-0.4, -0.2) is 77.5 Å². The molecule has 168 valence electrons. The van der Waals surface area contributed by atoms with Crippen molar-refractivity contribution in [2.24, 2.45) is 0 Å².